The summed E-state index contributed by atoms with van der Waals surface area (Å²) in [4.78, 5) is 28.1. The predicted octanol–water partition coefficient (Wildman–Crippen LogP) is 0.599. The molecule has 0 amide bonds. The van der Waals surface area contributed by atoms with Gasteiger partial charge in [0.25, 0.3) is 0 Å². The predicted molar refractivity (Wildman–Crippen MR) is 75.1 cm³/mol. The zero-order valence-electron chi connectivity index (χ0n) is 11.1. The van der Waals surface area contributed by atoms with E-state index in [0.717, 1.165) is 32.6 Å². The summed E-state index contributed by atoms with van der Waals surface area (Å²) < 4.78 is 4.93. The van der Waals surface area contributed by atoms with Crippen LogP contribution in [0.5, 0.6) is 0 Å². The third-order valence-electron chi connectivity index (χ3n) is 3.54. The molecule has 1 aliphatic rings. The van der Waals surface area contributed by atoms with Crippen molar-refractivity contribution < 1.29 is 9.21 Å². The molecule has 0 radical (unpaired) electrons. The minimum absolute atomic E-state index is 0.0656. The summed E-state index contributed by atoms with van der Waals surface area (Å²) in [7, 11) is 0. The fourth-order valence-electron chi connectivity index (χ4n) is 2.48. The first-order valence-electron chi connectivity index (χ1n) is 6.81. The number of carbonyl (C=O) groups is 1. The van der Waals surface area contributed by atoms with Crippen LogP contribution in [-0.4, -0.2) is 48.4 Å². The van der Waals surface area contributed by atoms with E-state index in [0.29, 0.717) is 23.2 Å². The van der Waals surface area contributed by atoms with E-state index in [9.17, 15) is 9.59 Å². The lowest BCUT2D eigenvalue weighted by molar-refractivity contribution is 0.0935. The summed E-state index contributed by atoms with van der Waals surface area (Å²) in [5.41, 5.74) is 1.65. The monoisotopic (exact) mass is 275 g/mol. The molecular formula is C14H17N3O3. The fourth-order valence-corrected chi connectivity index (χ4v) is 2.48. The highest BCUT2D eigenvalue weighted by molar-refractivity contribution is 5.99. The third kappa shape index (κ3) is 2.81. The van der Waals surface area contributed by atoms with Crippen LogP contribution < -0.4 is 11.1 Å². The average molecular weight is 275 g/mol. The molecule has 106 valence electrons. The van der Waals surface area contributed by atoms with E-state index in [1.807, 2.05) is 0 Å². The van der Waals surface area contributed by atoms with Crippen LogP contribution in [0.1, 0.15) is 16.8 Å². The highest BCUT2D eigenvalue weighted by Crippen LogP contribution is 2.13. The zero-order valence-corrected chi connectivity index (χ0v) is 11.1. The molecule has 1 aromatic carbocycles. The Labute approximate surface area is 115 Å². The normalized spacial score (nSPS) is 17.2. The number of hydrogen-bond acceptors (Lipinski definition) is 5. The van der Waals surface area contributed by atoms with Gasteiger partial charge >= 0.3 is 5.76 Å². The van der Waals surface area contributed by atoms with Gasteiger partial charge in [-0.05, 0) is 37.7 Å². The Hall–Kier alpha value is -1.92. The number of fused-ring (bicyclic) bond motifs is 1. The molecule has 0 unspecified atom stereocenters. The summed E-state index contributed by atoms with van der Waals surface area (Å²) in [5.74, 6) is -0.431. The maximum atomic E-state index is 12.3. The van der Waals surface area contributed by atoms with Gasteiger partial charge < -0.3 is 9.73 Å². The van der Waals surface area contributed by atoms with E-state index in [1.54, 1.807) is 18.2 Å². The maximum Gasteiger partial charge on any atom is 0.417 e. The number of rotatable bonds is 3. The van der Waals surface area contributed by atoms with Gasteiger partial charge in [0.1, 0.15) is 0 Å². The van der Waals surface area contributed by atoms with E-state index < -0.39 is 5.76 Å². The molecule has 0 bridgehead atoms. The van der Waals surface area contributed by atoms with Crippen molar-refractivity contribution in [3.05, 3.63) is 34.3 Å². The fraction of sp³-hybridized carbons (Fsp3) is 0.429. The Morgan fingerprint density at radius 3 is 3.10 bits per heavy atom. The van der Waals surface area contributed by atoms with Gasteiger partial charge in [-0.25, -0.2) is 4.79 Å². The van der Waals surface area contributed by atoms with Crippen LogP contribution in [0.2, 0.25) is 0 Å². The number of oxazole rings is 1. The van der Waals surface area contributed by atoms with Crippen molar-refractivity contribution in [3.63, 3.8) is 0 Å². The van der Waals surface area contributed by atoms with Crippen molar-refractivity contribution in [3.8, 4) is 0 Å². The highest BCUT2D eigenvalue weighted by Gasteiger charge is 2.15. The Bertz CT molecular complexity index is 666. The Kier molecular flexibility index (Phi) is 3.66. The Balaban J connectivity index is 1.75. The standard InChI is InChI=1S/C14H17N3O3/c18-12(9-17-6-1-4-15-5-7-17)10-2-3-13-11(8-10)16-14(19)20-13/h2-3,8,15H,1,4-7,9H2,(H,16,19). The van der Waals surface area contributed by atoms with Gasteiger partial charge in [-0.2, -0.15) is 0 Å². The lowest BCUT2D eigenvalue weighted by atomic mass is 10.1. The number of ketones is 1. The SMILES string of the molecule is O=C(CN1CCCNCC1)c1ccc2oc(=O)[nH]c2c1. The highest BCUT2D eigenvalue weighted by atomic mass is 16.4. The van der Waals surface area contributed by atoms with Gasteiger partial charge in [-0.1, -0.05) is 0 Å². The van der Waals surface area contributed by atoms with E-state index in [4.69, 9.17) is 4.42 Å². The molecule has 0 spiro atoms. The van der Waals surface area contributed by atoms with Crippen molar-refractivity contribution in [2.45, 2.75) is 6.42 Å². The molecule has 0 saturated carbocycles. The molecule has 6 heteroatoms. The molecule has 1 aromatic heterocycles. The first-order valence-corrected chi connectivity index (χ1v) is 6.81. The van der Waals surface area contributed by atoms with Crippen molar-refractivity contribution in [1.29, 1.82) is 0 Å². The van der Waals surface area contributed by atoms with Gasteiger partial charge in [-0.3, -0.25) is 14.7 Å². The van der Waals surface area contributed by atoms with E-state index >= 15 is 0 Å². The number of nitrogens with zero attached hydrogens (tertiary/aromatic N) is 1. The van der Waals surface area contributed by atoms with Crippen LogP contribution >= 0.6 is 0 Å². The quantitative estimate of drug-likeness (QED) is 0.802. The minimum Gasteiger partial charge on any atom is -0.408 e. The zero-order chi connectivity index (χ0) is 13.9. The van der Waals surface area contributed by atoms with Crippen molar-refractivity contribution in [2.75, 3.05) is 32.7 Å². The first-order chi connectivity index (χ1) is 9.72. The van der Waals surface area contributed by atoms with Crippen LogP contribution in [0.25, 0.3) is 11.1 Å². The number of H-pyrrole nitrogens is 1. The second kappa shape index (κ2) is 5.60. The lowest BCUT2D eigenvalue weighted by Crippen LogP contribution is -2.33. The molecule has 20 heavy (non-hydrogen) atoms. The smallest absolute Gasteiger partial charge is 0.408 e. The summed E-state index contributed by atoms with van der Waals surface area (Å²) >= 11 is 0. The second-order valence-corrected chi connectivity index (χ2v) is 5.03. The number of aromatic nitrogens is 1. The lowest BCUT2D eigenvalue weighted by Gasteiger charge is -2.18. The number of Topliss-reactive ketones (excluding diaryl/α,β-unsaturated/α-hetero) is 1. The number of hydrogen-bond donors (Lipinski definition) is 2. The summed E-state index contributed by atoms with van der Waals surface area (Å²) in [6, 6.07) is 5.04. The number of carbonyl (C=O) groups excluding carboxylic acids is 1. The van der Waals surface area contributed by atoms with Gasteiger partial charge in [0.15, 0.2) is 11.4 Å². The molecule has 1 fully saturated rings. The third-order valence-corrected chi connectivity index (χ3v) is 3.54. The van der Waals surface area contributed by atoms with Crippen molar-refractivity contribution in [1.82, 2.24) is 15.2 Å². The topological polar surface area (TPSA) is 78.3 Å². The van der Waals surface area contributed by atoms with Gasteiger partial charge in [-0.15, -0.1) is 0 Å². The van der Waals surface area contributed by atoms with Gasteiger partial charge in [0, 0.05) is 18.7 Å². The van der Waals surface area contributed by atoms with E-state index in [1.165, 1.54) is 0 Å². The van der Waals surface area contributed by atoms with Gasteiger partial charge in [0.05, 0.1) is 12.1 Å². The Morgan fingerprint density at radius 1 is 1.30 bits per heavy atom. The van der Waals surface area contributed by atoms with Crippen LogP contribution in [0.15, 0.2) is 27.4 Å². The number of benzene rings is 1. The minimum atomic E-state index is -0.497. The molecule has 1 aliphatic heterocycles. The summed E-state index contributed by atoms with van der Waals surface area (Å²) in [5, 5.41) is 3.31. The molecular weight excluding hydrogens is 258 g/mol. The van der Waals surface area contributed by atoms with Crippen LogP contribution in [0.3, 0.4) is 0 Å². The molecule has 1 saturated heterocycles. The largest absolute Gasteiger partial charge is 0.417 e. The summed E-state index contributed by atoms with van der Waals surface area (Å²) in [6.45, 7) is 4.16. The van der Waals surface area contributed by atoms with Crippen LogP contribution in [-0.2, 0) is 0 Å². The van der Waals surface area contributed by atoms with E-state index in [2.05, 4.69) is 15.2 Å². The van der Waals surface area contributed by atoms with Crippen molar-refractivity contribution in [2.24, 2.45) is 0 Å². The first kappa shape index (κ1) is 13.1. The average Bonchev–Trinajstić information content (AvgIpc) is 2.62. The van der Waals surface area contributed by atoms with E-state index in [-0.39, 0.29) is 5.78 Å². The number of nitrogens with one attached hydrogen (secondary N) is 2. The molecule has 0 atom stereocenters. The molecule has 3 rings (SSSR count). The van der Waals surface area contributed by atoms with Crippen LogP contribution in [0, 0.1) is 0 Å². The maximum absolute atomic E-state index is 12.3. The molecule has 2 N–H and O–H groups in total. The Morgan fingerprint density at radius 2 is 2.20 bits per heavy atom. The van der Waals surface area contributed by atoms with Crippen molar-refractivity contribution >= 4 is 16.9 Å². The second-order valence-electron chi connectivity index (χ2n) is 5.03. The molecule has 6 nitrogen and oxygen atoms in total. The molecule has 2 aromatic rings. The van der Waals surface area contributed by atoms with Gasteiger partial charge in [0.2, 0.25) is 0 Å². The van der Waals surface area contributed by atoms with Crippen LogP contribution in [0.4, 0.5) is 0 Å². The number of aromatic amines is 1. The molecule has 2 heterocycles. The summed E-state index contributed by atoms with van der Waals surface area (Å²) in [6.07, 6.45) is 1.06. The molecule has 0 aliphatic carbocycles.